The first kappa shape index (κ1) is 13.9. The normalized spacial score (nSPS) is 11.3. The summed E-state index contributed by atoms with van der Waals surface area (Å²) in [6.07, 6.45) is 1.72. The fourth-order valence-corrected chi connectivity index (χ4v) is 2.40. The molecule has 2 aromatic heterocycles. The average molecular weight is 356 g/mol. The molecule has 1 aromatic carbocycles. The van der Waals surface area contributed by atoms with Gasteiger partial charge in [0.2, 0.25) is 0 Å². The summed E-state index contributed by atoms with van der Waals surface area (Å²) in [6.45, 7) is 1.88. The van der Waals surface area contributed by atoms with Crippen LogP contribution in [0.5, 0.6) is 0 Å². The van der Waals surface area contributed by atoms with Gasteiger partial charge >= 0.3 is 0 Å². The second kappa shape index (κ2) is 4.77. The second-order valence-corrected chi connectivity index (χ2v) is 5.49. The van der Waals surface area contributed by atoms with Gasteiger partial charge in [0.15, 0.2) is 17.5 Å². The molecule has 0 aliphatic heterocycles. The summed E-state index contributed by atoms with van der Waals surface area (Å²) in [6, 6.07) is 3.52. The first-order valence-electron chi connectivity index (χ1n) is 5.97. The van der Waals surface area contributed by atoms with E-state index < -0.39 is 17.5 Å². The van der Waals surface area contributed by atoms with Gasteiger partial charge in [0.1, 0.15) is 17.2 Å². The van der Waals surface area contributed by atoms with Gasteiger partial charge in [-0.2, -0.15) is 0 Å². The second-order valence-electron chi connectivity index (χ2n) is 4.63. The van der Waals surface area contributed by atoms with E-state index in [0.717, 1.165) is 22.2 Å². The Kier molecular flexibility index (Phi) is 3.16. The number of anilines is 1. The fraction of sp³-hybridized carbons (Fsp3) is 0.0714. The summed E-state index contributed by atoms with van der Waals surface area (Å²) in [5, 5.41) is 0. The molecule has 0 atom stereocenters. The molecule has 2 heterocycles. The van der Waals surface area contributed by atoms with Gasteiger partial charge in [-0.25, -0.2) is 18.2 Å². The van der Waals surface area contributed by atoms with Gasteiger partial charge in [0.05, 0.1) is 0 Å². The Morgan fingerprint density at radius 2 is 1.76 bits per heavy atom. The van der Waals surface area contributed by atoms with E-state index in [-0.39, 0.29) is 17.1 Å². The van der Waals surface area contributed by atoms with Crippen LogP contribution in [0, 0.1) is 24.4 Å². The van der Waals surface area contributed by atoms with E-state index in [2.05, 4.69) is 20.9 Å². The van der Waals surface area contributed by atoms with Crippen LogP contribution in [0.4, 0.5) is 19.0 Å². The number of pyridine rings is 1. The van der Waals surface area contributed by atoms with Gasteiger partial charge in [-0.3, -0.25) is 4.40 Å². The van der Waals surface area contributed by atoms with Gasteiger partial charge < -0.3 is 5.73 Å². The van der Waals surface area contributed by atoms with Gasteiger partial charge in [-0.05, 0) is 46.6 Å². The first-order chi connectivity index (χ1) is 9.88. The first-order valence-corrected chi connectivity index (χ1v) is 6.76. The summed E-state index contributed by atoms with van der Waals surface area (Å²) in [5.41, 5.74) is 7.73. The van der Waals surface area contributed by atoms with Crippen LogP contribution in [0.1, 0.15) is 5.56 Å². The number of aryl methyl sites for hydroxylation is 1. The molecule has 0 spiro atoms. The molecule has 0 aliphatic rings. The Morgan fingerprint density at radius 1 is 1.14 bits per heavy atom. The summed E-state index contributed by atoms with van der Waals surface area (Å²) in [5.74, 6) is -3.85. The van der Waals surface area contributed by atoms with Crippen molar-refractivity contribution < 1.29 is 13.2 Å². The maximum atomic E-state index is 13.3. The number of aromatic nitrogens is 2. The lowest BCUT2D eigenvalue weighted by atomic mass is 10.1. The van der Waals surface area contributed by atoms with Crippen molar-refractivity contribution in [2.45, 2.75) is 6.92 Å². The number of hydrogen-bond acceptors (Lipinski definition) is 2. The number of nitrogen functional groups attached to an aromatic ring is 1. The van der Waals surface area contributed by atoms with E-state index in [9.17, 15) is 13.2 Å². The molecular formula is C14H9BrF3N3. The molecule has 3 nitrogen and oxygen atoms in total. The van der Waals surface area contributed by atoms with E-state index in [1.54, 1.807) is 16.7 Å². The van der Waals surface area contributed by atoms with Crippen molar-refractivity contribution in [1.82, 2.24) is 9.38 Å². The van der Waals surface area contributed by atoms with E-state index in [1.165, 1.54) is 0 Å². The van der Waals surface area contributed by atoms with Crippen LogP contribution in [0.2, 0.25) is 0 Å². The topological polar surface area (TPSA) is 43.3 Å². The third kappa shape index (κ3) is 2.17. The molecule has 0 aliphatic carbocycles. The van der Waals surface area contributed by atoms with Crippen LogP contribution in [0.15, 0.2) is 28.9 Å². The number of nitrogens with two attached hydrogens (primary N) is 1. The minimum absolute atomic E-state index is 0.0846. The van der Waals surface area contributed by atoms with Crippen LogP contribution in [-0.4, -0.2) is 9.38 Å². The average Bonchev–Trinajstić information content (AvgIpc) is 2.73. The van der Waals surface area contributed by atoms with E-state index in [4.69, 9.17) is 5.73 Å². The maximum Gasteiger partial charge on any atom is 0.194 e. The van der Waals surface area contributed by atoms with E-state index in [0.29, 0.717) is 5.65 Å². The van der Waals surface area contributed by atoms with E-state index >= 15 is 0 Å². The van der Waals surface area contributed by atoms with Crippen LogP contribution in [0.25, 0.3) is 16.9 Å². The van der Waals surface area contributed by atoms with Crippen molar-refractivity contribution >= 4 is 27.4 Å². The number of benzene rings is 1. The molecule has 0 saturated heterocycles. The number of nitrogens with zero attached hydrogens (tertiary/aromatic N) is 2. The highest BCUT2D eigenvalue weighted by Gasteiger charge is 2.17. The van der Waals surface area contributed by atoms with Crippen LogP contribution in [-0.2, 0) is 0 Å². The maximum absolute atomic E-state index is 13.3. The minimum atomic E-state index is -1.51. The Hall–Kier alpha value is -2.02. The predicted molar refractivity (Wildman–Crippen MR) is 77.4 cm³/mol. The summed E-state index contributed by atoms with van der Waals surface area (Å²) in [4.78, 5) is 4.26. The standard InChI is InChI=1S/C14H9BrF3N3/c1-6-2-11-20-13(14(19)21(11)5-8(6)15)7-3-9(16)12(18)10(17)4-7/h2-5H,19H2,1H3. The zero-order valence-electron chi connectivity index (χ0n) is 10.8. The molecule has 2 N–H and O–H groups in total. The van der Waals surface area contributed by atoms with Crippen molar-refractivity contribution in [3.8, 4) is 11.3 Å². The molecular weight excluding hydrogens is 347 g/mol. The SMILES string of the molecule is Cc1cc2nc(-c3cc(F)c(F)c(F)c3)c(N)n2cc1Br. The highest BCUT2D eigenvalue weighted by atomic mass is 79.9. The Labute approximate surface area is 126 Å². The highest BCUT2D eigenvalue weighted by molar-refractivity contribution is 9.10. The lowest BCUT2D eigenvalue weighted by Gasteiger charge is -2.02. The van der Waals surface area contributed by atoms with E-state index in [1.807, 2.05) is 6.92 Å². The lowest BCUT2D eigenvalue weighted by Crippen LogP contribution is -1.96. The van der Waals surface area contributed by atoms with Gasteiger partial charge in [0, 0.05) is 16.2 Å². The number of hydrogen-bond donors (Lipinski definition) is 1. The monoisotopic (exact) mass is 355 g/mol. The van der Waals surface area contributed by atoms with Crippen molar-refractivity contribution in [2.75, 3.05) is 5.73 Å². The third-order valence-corrected chi connectivity index (χ3v) is 4.03. The predicted octanol–water partition coefficient (Wildman–Crippen LogP) is 4.07. The Balaban J connectivity index is 2.28. The molecule has 7 heteroatoms. The summed E-state index contributed by atoms with van der Waals surface area (Å²) >= 11 is 3.37. The largest absolute Gasteiger partial charge is 0.383 e. The zero-order valence-corrected chi connectivity index (χ0v) is 12.4. The number of halogens is 4. The number of rotatable bonds is 1. The van der Waals surface area contributed by atoms with Gasteiger partial charge in [-0.15, -0.1) is 0 Å². The van der Waals surface area contributed by atoms with Crippen molar-refractivity contribution in [2.24, 2.45) is 0 Å². The molecule has 108 valence electrons. The Morgan fingerprint density at radius 3 is 2.38 bits per heavy atom. The van der Waals surface area contributed by atoms with Crippen LogP contribution >= 0.6 is 15.9 Å². The molecule has 0 amide bonds. The van der Waals surface area contributed by atoms with Gasteiger partial charge in [-0.1, -0.05) is 0 Å². The molecule has 0 fully saturated rings. The number of fused-ring (bicyclic) bond motifs is 1. The van der Waals surface area contributed by atoms with Crippen molar-refractivity contribution in [1.29, 1.82) is 0 Å². The zero-order chi connectivity index (χ0) is 15.3. The quantitative estimate of drug-likeness (QED) is 0.668. The lowest BCUT2D eigenvalue weighted by molar-refractivity contribution is 0.447. The molecule has 3 aromatic rings. The van der Waals surface area contributed by atoms with Gasteiger partial charge in [0.25, 0.3) is 0 Å². The minimum Gasteiger partial charge on any atom is -0.383 e. The molecule has 0 radical (unpaired) electrons. The number of imidazole rings is 1. The highest BCUT2D eigenvalue weighted by Crippen LogP contribution is 2.30. The summed E-state index contributed by atoms with van der Waals surface area (Å²) < 4.78 is 42.1. The third-order valence-electron chi connectivity index (χ3n) is 3.20. The smallest absolute Gasteiger partial charge is 0.194 e. The molecule has 0 bridgehead atoms. The molecule has 3 rings (SSSR count). The van der Waals surface area contributed by atoms with Crippen molar-refractivity contribution in [3.63, 3.8) is 0 Å². The molecule has 0 unspecified atom stereocenters. The Bertz CT molecular complexity index is 851. The fourth-order valence-electron chi connectivity index (χ4n) is 2.08. The summed E-state index contributed by atoms with van der Waals surface area (Å²) in [7, 11) is 0. The molecule has 0 saturated carbocycles. The van der Waals surface area contributed by atoms with Crippen LogP contribution in [0.3, 0.4) is 0 Å². The molecule has 21 heavy (non-hydrogen) atoms. The van der Waals surface area contributed by atoms with Crippen molar-refractivity contribution in [3.05, 3.63) is 51.9 Å². The van der Waals surface area contributed by atoms with Crippen LogP contribution < -0.4 is 5.73 Å².